The molecule has 20 heavy (non-hydrogen) atoms. The summed E-state index contributed by atoms with van der Waals surface area (Å²) in [5.74, 6) is 6.49. The largest absolute Gasteiger partial charge is 0.120 e. The lowest BCUT2D eigenvalue weighted by Crippen LogP contribution is -2.40. The van der Waals surface area contributed by atoms with E-state index in [4.69, 9.17) is 6.42 Å². The van der Waals surface area contributed by atoms with Gasteiger partial charge in [0.1, 0.15) is 0 Å². The molecular weight excluding hydrogens is 240 g/mol. The fourth-order valence-corrected chi connectivity index (χ4v) is 6.37. The molecule has 0 spiro atoms. The molecule has 0 saturated heterocycles. The number of terminal acetylenes is 1. The molecule has 0 bridgehead atoms. The van der Waals surface area contributed by atoms with Crippen molar-refractivity contribution in [2.45, 2.75) is 71.1 Å². The lowest BCUT2D eigenvalue weighted by molar-refractivity contribution is 0.0866. The molecule has 4 aliphatic rings. The number of hydrogen-bond donors (Lipinski definition) is 0. The van der Waals surface area contributed by atoms with Gasteiger partial charge in [-0.3, -0.25) is 0 Å². The molecule has 0 aliphatic heterocycles. The van der Waals surface area contributed by atoms with Crippen molar-refractivity contribution in [2.24, 2.45) is 29.1 Å². The van der Waals surface area contributed by atoms with Crippen LogP contribution in [0, 0.1) is 41.4 Å². The Labute approximate surface area is 124 Å². The van der Waals surface area contributed by atoms with Gasteiger partial charge in [0.15, 0.2) is 0 Å². The molecule has 5 atom stereocenters. The lowest BCUT2D eigenvalue weighted by atomic mass is 9.55. The van der Waals surface area contributed by atoms with Crippen molar-refractivity contribution >= 4 is 0 Å². The van der Waals surface area contributed by atoms with Crippen LogP contribution in [-0.4, -0.2) is 0 Å². The maximum absolute atomic E-state index is 5.84. The highest BCUT2D eigenvalue weighted by molar-refractivity contribution is 5.29. The van der Waals surface area contributed by atoms with E-state index < -0.39 is 0 Å². The Morgan fingerprint density at radius 2 is 1.90 bits per heavy atom. The van der Waals surface area contributed by atoms with E-state index in [-0.39, 0.29) is 0 Å². The van der Waals surface area contributed by atoms with E-state index in [1.165, 1.54) is 64.2 Å². The smallest absolute Gasteiger partial charge is 0.0257 e. The summed E-state index contributed by atoms with van der Waals surface area (Å²) < 4.78 is 0. The van der Waals surface area contributed by atoms with E-state index in [1.807, 2.05) is 11.1 Å². The minimum absolute atomic E-state index is 0.463. The molecule has 0 aromatic rings. The van der Waals surface area contributed by atoms with Crippen LogP contribution in [0.5, 0.6) is 0 Å². The summed E-state index contributed by atoms with van der Waals surface area (Å²) in [6.45, 7) is 2.52. The second kappa shape index (κ2) is 4.66. The van der Waals surface area contributed by atoms with Crippen LogP contribution in [0.2, 0.25) is 0 Å². The average molecular weight is 268 g/mol. The number of hydrogen-bond acceptors (Lipinski definition) is 0. The van der Waals surface area contributed by atoms with E-state index in [1.54, 1.807) is 0 Å². The van der Waals surface area contributed by atoms with Crippen LogP contribution >= 0.6 is 0 Å². The quantitative estimate of drug-likeness (QED) is 0.411. The molecule has 0 amide bonds. The van der Waals surface area contributed by atoms with Gasteiger partial charge in [-0.15, -0.1) is 12.3 Å². The van der Waals surface area contributed by atoms with E-state index in [9.17, 15) is 0 Å². The third kappa shape index (κ3) is 1.68. The van der Waals surface area contributed by atoms with Gasteiger partial charge in [-0.2, -0.15) is 0 Å². The minimum Gasteiger partial charge on any atom is -0.120 e. The standard InChI is InChI=1S/C20H28/c1-3-15-9-11-19-18-10-8-14-6-4-5-7-16(14)17(18)12-13-20(15,19)2/h1,14-15,18-19H,4-13H2,2H3/t14?,15-,18+,19-,20+/m0/s1. The van der Waals surface area contributed by atoms with Gasteiger partial charge >= 0.3 is 0 Å². The van der Waals surface area contributed by atoms with Gasteiger partial charge in [0.05, 0.1) is 0 Å². The SMILES string of the molecule is C#C[C@H]1CC[C@H]2[C@@H]3CCC4CCCCC4=C3CC[C@]12C. The Balaban J connectivity index is 1.69. The third-order valence-corrected chi connectivity index (χ3v) is 7.46. The molecule has 0 nitrogen and oxygen atoms in total. The van der Waals surface area contributed by atoms with Gasteiger partial charge in [0.25, 0.3) is 0 Å². The molecule has 3 fully saturated rings. The second-order valence-corrected chi connectivity index (χ2v) is 8.09. The second-order valence-electron chi connectivity index (χ2n) is 8.09. The molecule has 3 saturated carbocycles. The zero-order valence-electron chi connectivity index (χ0n) is 13.0. The summed E-state index contributed by atoms with van der Waals surface area (Å²) in [5, 5.41) is 0. The first kappa shape index (κ1) is 13.0. The van der Waals surface area contributed by atoms with Crippen molar-refractivity contribution < 1.29 is 0 Å². The number of fused-ring (bicyclic) bond motifs is 4. The maximum Gasteiger partial charge on any atom is 0.0257 e. The summed E-state index contributed by atoms with van der Waals surface area (Å²) in [4.78, 5) is 0. The topological polar surface area (TPSA) is 0 Å². The molecule has 0 radical (unpaired) electrons. The van der Waals surface area contributed by atoms with Crippen molar-refractivity contribution in [1.82, 2.24) is 0 Å². The molecule has 0 N–H and O–H groups in total. The Bertz CT molecular complexity index is 477. The predicted octanol–water partition coefficient (Wildman–Crippen LogP) is 5.34. The molecule has 0 heterocycles. The van der Waals surface area contributed by atoms with Gasteiger partial charge in [0.2, 0.25) is 0 Å². The maximum atomic E-state index is 5.84. The van der Waals surface area contributed by atoms with Crippen LogP contribution in [0.15, 0.2) is 11.1 Å². The zero-order chi connectivity index (χ0) is 13.7. The van der Waals surface area contributed by atoms with Crippen LogP contribution in [0.1, 0.15) is 71.1 Å². The van der Waals surface area contributed by atoms with Crippen molar-refractivity contribution in [1.29, 1.82) is 0 Å². The zero-order valence-corrected chi connectivity index (χ0v) is 13.0. The van der Waals surface area contributed by atoms with Crippen LogP contribution in [0.3, 0.4) is 0 Å². The summed E-state index contributed by atoms with van der Waals surface area (Å²) in [6, 6.07) is 0. The fraction of sp³-hybridized carbons (Fsp3) is 0.800. The lowest BCUT2D eigenvalue weighted by Gasteiger charge is -2.49. The van der Waals surface area contributed by atoms with Crippen LogP contribution < -0.4 is 0 Å². The summed E-state index contributed by atoms with van der Waals surface area (Å²) >= 11 is 0. The minimum atomic E-state index is 0.463. The van der Waals surface area contributed by atoms with Gasteiger partial charge < -0.3 is 0 Å². The first-order valence-corrected chi connectivity index (χ1v) is 8.92. The first-order chi connectivity index (χ1) is 9.74. The first-order valence-electron chi connectivity index (χ1n) is 8.92. The van der Waals surface area contributed by atoms with Gasteiger partial charge in [0, 0.05) is 5.92 Å². The molecule has 0 aromatic carbocycles. The van der Waals surface area contributed by atoms with E-state index in [0.717, 1.165) is 17.8 Å². The van der Waals surface area contributed by atoms with Crippen LogP contribution in [-0.2, 0) is 0 Å². The van der Waals surface area contributed by atoms with Crippen molar-refractivity contribution in [3.05, 3.63) is 11.1 Å². The predicted molar refractivity (Wildman–Crippen MR) is 84.1 cm³/mol. The van der Waals surface area contributed by atoms with Crippen molar-refractivity contribution in [3.63, 3.8) is 0 Å². The van der Waals surface area contributed by atoms with Crippen LogP contribution in [0.4, 0.5) is 0 Å². The van der Waals surface area contributed by atoms with E-state index in [0.29, 0.717) is 11.3 Å². The number of allylic oxidation sites excluding steroid dienone is 2. The monoisotopic (exact) mass is 268 g/mol. The molecule has 0 aromatic heterocycles. The molecule has 0 heteroatoms. The Morgan fingerprint density at radius 1 is 1.00 bits per heavy atom. The molecule has 4 aliphatic carbocycles. The van der Waals surface area contributed by atoms with Crippen LogP contribution in [0.25, 0.3) is 0 Å². The van der Waals surface area contributed by atoms with Gasteiger partial charge in [-0.1, -0.05) is 24.5 Å². The van der Waals surface area contributed by atoms with E-state index in [2.05, 4.69) is 12.8 Å². The molecule has 1 unspecified atom stereocenters. The summed E-state index contributed by atoms with van der Waals surface area (Å²) in [6.07, 6.45) is 20.1. The molecule has 4 rings (SSSR count). The Kier molecular flexibility index (Phi) is 3.03. The Hall–Kier alpha value is -0.700. The molecule has 108 valence electrons. The molecular formula is C20H28. The number of rotatable bonds is 0. The summed E-state index contributed by atoms with van der Waals surface area (Å²) in [7, 11) is 0. The normalized spacial score (nSPS) is 47.2. The van der Waals surface area contributed by atoms with E-state index >= 15 is 0 Å². The van der Waals surface area contributed by atoms with Crippen molar-refractivity contribution in [2.75, 3.05) is 0 Å². The van der Waals surface area contributed by atoms with Gasteiger partial charge in [-0.05, 0) is 81.0 Å². The average Bonchev–Trinajstić information content (AvgIpc) is 2.83. The van der Waals surface area contributed by atoms with Gasteiger partial charge in [-0.25, -0.2) is 0 Å². The fourth-order valence-electron chi connectivity index (χ4n) is 6.37. The Morgan fingerprint density at radius 3 is 2.75 bits per heavy atom. The van der Waals surface area contributed by atoms with Crippen molar-refractivity contribution in [3.8, 4) is 12.3 Å². The highest BCUT2D eigenvalue weighted by Gasteiger charge is 2.53. The highest BCUT2D eigenvalue weighted by Crippen LogP contribution is 2.62. The summed E-state index contributed by atoms with van der Waals surface area (Å²) in [5.41, 5.74) is 4.32. The third-order valence-electron chi connectivity index (χ3n) is 7.46. The highest BCUT2D eigenvalue weighted by atomic mass is 14.6.